The number of primary sulfonamides is 1. The number of hydrogen-bond donors (Lipinski definition) is 5. The van der Waals surface area contributed by atoms with Crippen molar-refractivity contribution in [2.45, 2.75) is 123 Å². The minimum atomic E-state index is -5.96. The van der Waals surface area contributed by atoms with E-state index >= 15 is 0 Å². The molecule has 384 valence electrons. The van der Waals surface area contributed by atoms with Gasteiger partial charge in [-0.05, 0) is 93.2 Å². The van der Waals surface area contributed by atoms with E-state index in [1.807, 2.05) is 89.3 Å². The number of anilines is 1. The number of β-amino-alcohol motifs (C(OH)–C–C–N with tert-alkyl or cyclic N) is 1. The fourth-order valence-corrected chi connectivity index (χ4v) is 11.3. The van der Waals surface area contributed by atoms with E-state index in [0.29, 0.717) is 49.9 Å². The highest BCUT2D eigenvalue weighted by atomic mass is 32.2. The van der Waals surface area contributed by atoms with Crippen LogP contribution in [-0.2, 0) is 34.2 Å². The molecular formula is C48H64F3N7O8S4. The van der Waals surface area contributed by atoms with Crippen LogP contribution in [0.4, 0.5) is 18.9 Å². The molecule has 4 atom stereocenters. The molecule has 0 unspecified atom stereocenters. The van der Waals surface area contributed by atoms with Gasteiger partial charge < -0.3 is 30.9 Å². The van der Waals surface area contributed by atoms with Gasteiger partial charge in [0, 0.05) is 42.6 Å². The van der Waals surface area contributed by atoms with Crippen LogP contribution < -0.4 is 21.1 Å². The highest BCUT2D eigenvalue weighted by Gasteiger charge is 2.48. The average molecular weight is 1050 g/mol. The Morgan fingerprint density at radius 2 is 1.66 bits per heavy atom. The first-order valence-corrected chi connectivity index (χ1v) is 27.9. The van der Waals surface area contributed by atoms with E-state index in [9.17, 15) is 49.5 Å². The number of thiazole rings is 1. The summed E-state index contributed by atoms with van der Waals surface area (Å²) in [6, 6.07) is 17.1. The second-order valence-electron chi connectivity index (χ2n) is 18.8. The molecule has 5 rings (SSSR count). The Balaban J connectivity index is 1.14. The van der Waals surface area contributed by atoms with Gasteiger partial charge >= 0.3 is 5.51 Å². The van der Waals surface area contributed by atoms with E-state index in [2.05, 4.69) is 25.8 Å². The van der Waals surface area contributed by atoms with Gasteiger partial charge in [-0.2, -0.15) is 13.2 Å². The number of alkyl halides is 3. The number of carbonyl (C=O) groups excluding carboxylic acids is 3. The fourth-order valence-electron chi connectivity index (χ4n) is 7.97. The lowest BCUT2D eigenvalue weighted by molar-refractivity contribution is -0.140. The number of nitrogens with two attached hydrogens (primary N) is 1. The molecule has 1 fully saturated rings. The Morgan fingerprint density at radius 3 is 2.29 bits per heavy atom. The minimum Gasteiger partial charge on any atom is -0.391 e. The van der Waals surface area contributed by atoms with Crippen LogP contribution in [-0.4, -0.2) is 117 Å². The Bertz CT molecular complexity index is 2610. The molecule has 1 aliphatic rings. The molecule has 15 nitrogen and oxygen atoms in total. The molecule has 0 saturated carbocycles. The third-order valence-corrected chi connectivity index (χ3v) is 16.3. The maximum atomic E-state index is 13.9. The van der Waals surface area contributed by atoms with Gasteiger partial charge in [-0.3, -0.25) is 14.4 Å². The van der Waals surface area contributed by atoms with Crippen molar-refractivity contribution in [2.75, 3.05) is 44.3 Å². The number of benzene rings is 3. The predicted octanol–water partition coefficient (Wildman–Crippen LogP) is 7.28. The van der Waals surface area contributed by atoms with Crippen LogP contribution in [0.3, 0.4) is 0 Å². The number of nitrogens with zero attached hydrogens (tertiary/aromatic N) is 3. The van der Waals surface area contributed by atoms with Crippen LogP contribution in [0.5, 0.6) is 0 Å². The largest absolute Gasteiger partial charge is 0.501 e. The van der Waals surface area contributed by atoms with Crippen LogP contribution in [0, 0.1) is 12.3 Å². The van der Waals surface area contributed by atoms with Crippen LogP contribution in [0.15, 0.2) is 93.0 Å². The van der Waals surface area contributed by atoms with Gasteiger partial charge in [-0.1, -0.05) is 76.1 Å². The number of nitrogens with one attached hydrogen (secondary N) is 3. The summed E-state index contributed by atoms with van der Waals surface area (Å²) in [5.41, 5.74) is -2.08. The Labute approximate surface area is 417 Å². The first-order valence-electron chi connectivity index (χ1n) is 23.0. The molecule has 22 heteroatoms. The number of amides is 3. The summed E-state index contributed by atoms with van der Waals surface area (Å²) >= 11 is 2.94. The number of aryl methyl sites for hydroxylation is 1. The summed E-state index contributed by atoms with van der Waals surface area (Å²) in [5.74, 6) is -0.578. The highest BCUT2D eigenvalue weighted by molar-refractivity contribution is 7.99. The molecule has 1 aromatic heterocycles. The normalized spacial score (nSPS) is 16.5. The third-order valence-electron chi connectivity index (χ3n) is 11.7. The summed E-state index contributed by atoms with van der Waals surface area (Å²) in [7, 11) is -8.58. The number of rotatable bonds is 24. The predicted molar refractivity (Wildman–Crippen MR) is 267 cm³/mol. The van der Waals surface area contributed by atoms with Crippen molar-refractivity contribution in [2.24, 2.45) is 10.6 Å². The van der Waals surface area contributed by atoms with E-state index in [-0.39, 0.29) is 43.0 Å². The standard InChI is InChI=1S/C48H64F3N7O8S4/c1-32-45(68-31-54-32)34-17-15-33(16-18-34)40(56-46(62)41-25-36(59)29-58(41)44(61)28-47(2,3)4)27-43(60)53-22-11-6-7-12-23-57(5)24-21-35(30-67-37-13-9-8-10-14-37)55-39-20-19-38(70(52,65)66)26-42(39)69(63,64)48(49,50)51/h8-10,13-20,26,31,35-36,40-41,55,59H,6-7,11-12,21-25,27-30H2,1-5H3,(H,53,60)(H,56,62)(H2,52,65,66)/t35-,36-,40+,41+/m1/s1. The van der Waals surface area contributed by atoms with Gasteiger partial charge in [0.25, 0.3) is 9.84 Å². The molecule has 6 N–H and O–H groups in total. The number of sulfonamides is 1. The smallest absolute Gasteiger partial charge is 0.391 e. The molecule has 0 bridgehead atoms. The van der Waals surface area contributed by atoms with Crippen molar-refractivity contribution in [3.8, 4) is 10.4 Å². The zero-order chi connectivity index (χ0) is 51.4. The summed E-state index contributed by atoms with van der Waals surface area (Å²) in [6.07, 6.45) is 2.94. The zero-order valence-electron chi connectivity index (χ0n) is 40.0. The Hall–Kier alpha value is -4.58. The summed E-state index contributed by atoms with van der Waals surface area (Å²) < 4.78 is 90.7. The number of aliphatic hydroxyl groups excluding tert-OH is 1. The number of thioether (sulfide) groups is 1. The number of likely N-dealkylation sites (tertiary alicyclic amines) is 1. The summed E-state index contributed by atoms with van der Waals surface area (Å²) in [6.45, 7) is 9.37. The van der Waals surface area contributed by atoms with Gasteiger partial charge in [0.1, 0.15) is 10.9 Å². The van der Waals surface area contributed by atoms with Crippen LogP contribution in [0.1, 0.15) is 89.4 Å². The molecule has 4 aromatic rings. The maximum Gasteiger partial charge on any atom is 0.501 e. The lowest BCUT2D eigenvalue weighted by atomic mass is 9.91. The lowest BCUT2D eigenvalue weighted by Gasteiger charge is -2.29. The molecule has 1 saturated heterocycles. The van der Waals surface area contributed by atoms with Crippen molar-refractivity contribution in [3.05, 3.63) is 89.6 Å². The average Bonchev–Trinajstić information content (AvgIpc) is 3.91. The number of aliphatic hydroxyl groups is 1. The Morgan fingerprint density at radius 1 is 0.971 bits per heavy atom. The molecule has 0 radical (unpaired) electrons. The topological polar surface area (TPSA) is 221 Å². The van der Waals surface area contributed by atoms with Crippen molar-refractivity contribution in [1.82, 2.24) is 25.4 Å². The fraction of sp³-hybridized carbons (Fsp3) is 0.500. The second kappa shape index (κ2) is 24.7. The Kier molecular flexibility index (Phi) is 19.9. The number of carbonyl (C=O) groups is 3. The first-order chi connectivity index (χ1) is 32.8. The number of sulfone groups is 1. The quantitative estimate of drug-likeness (QED) is 0.0345. The van der Waals surface area contributed by atoms with Gasteiger partial charge in [-0.25, -0.2) is 27.0 Å². The maximum absolute atomic E-state index is 13.9. The highest BCUT2D eigenvalue weighted by Crippen LogP contribution is 2.37. The zero-order valence-corrected chi connectivity index (χ0v) is 43.3. The number of aromatic nitrogens is 1. The van der Waals surface area contributed by atoms with Gasteiger partial charge in [0.15, 0.2) is 0 Å². The molecule has 0 aliphatic carbocycles. The van der Waals surface area contributed by atoms with Crippen molar-refractivity contribution < 1.29 is 49.5 Å². The lowest BCUT2D eigenvalue weighted by Crippen LogP contribution is -2.48. The first kappa shape index (κ1) is 56.3. The van der Waals surface area contributed by atoms with Crippen LogP contribution >= 0.6 is 23.1 Å². The van der Waals surface area contributed by atoms with Gasteiger partial charge in [-0.15, -0.1) is 23.1 Å². The van der Waals surface area contributed by atoms with E-state index < -0.39 is 71.0 Å². The van der Waals surface area contributed by atoms with Crippen LogP contribution in [0.25, 0.3) is 10.4 Å². The SMILES string of the molecule is Cc1ncsc1-c1ccc([C@H](CC(=O)NCCCCCCN(C)CC[C@H](CSc2ccccc2)Nc2ccc(S(N)(=O)=O)cc2S(=O)(=O)C(F)(F)F)NC(=O)[C@@H]2C[C@@H](O)CN2C(=O)CC(C)(C)C)cc1. The minimum absolute atomic E-state index is 0.0548. The number of halogens is 3. The van der Waals surface area contributed by atoms with E-state index in [1.165, 1.54) is 28.0 Å². The molecule has 3 amide bonds. The third kappa shape index (κ3) is 16.5. The number of unbranched alkanes of at least 4 members (excludes halogenated alkanes) is 3. The summed E-state index contributed by atoms with van der Waals surface area (Å²) in [4.78, 5) is 48.3. The molecular weight excluding hydrogens is 988 g/mol. The number of hydrogen-bond acceptors (Lipinski definition) is 13. The van der Waals surface area contributed by atoms with Crippen molar-refractivity contribution in [1.29, 1.82) is 0 Å². The molecule has 3 aromatic carbocycles. The van der Waals surface area contributed by atoms with Crippen LogP contribution in [0.2, 0.25) is 0 Å². The molecule has 2 heterocycles. The molecule has 70 heavy (non-hydrogen) atoms. The van der Waals surface area contributed by atoms with Gasteiger partial charge in [0.2, 0.25) is 27.7 Å². The van der Waals surface area contributed by atoms with E-state index in [4.69, 9.17) is 5.14 Å². The second-order valence-corrected chi connectivity index (χ2v) is 24.2. The molecule has 0 spiro atoms. The summed E-state index contributed by atoms with van der Waals surface area (Å²) in [5, 5.41) is 24.6. The van der Waals surface area contributed by atoms with Crippen molar-refractivity contribution >= 4 is 66.4 Å². The van der Waals surface area contributed by atoms with Crippen molar-refractivity contribution in [3.63, 3.8) is 0 Å². The van der Waals surface area contributed by atoms with E-state index in [1.54, 1.807) is 5.51 Å². The van der Waals surface area contributed by atoms with Gasteiger partial charge in [0.05, 0.1) is 45.2 Å². The van der Waals surface area contributed by atoms with E-state index in [0.717, 1.165) is 52.4 Å². The molecule has 1 aliphatic heterocycles. The monoisotopic (exact) mass is 1050 g/mol.